The first-order valence-corrected chi connectivity index (χ1v) is 4.60. The van der Waals surface area contributed by atoms with Crippen molar-refractivity contribution in [3.05, 3.63) is 0 Å². The van der Waals surface area contributed by atoms with Crippen LogP contribution in [0.4, 0.5) is 0 Å². The monoisotopic (exact) mass is 179 g/mol. The van der Waals surface area contributed by atoms with Gasteiger partial charge in [0.15, 0.2) is 5.96 Å². The number of hydrogen-bond acceptors (Lipinski definition) is 3. The molecule has 0 aromatic rings. The predicted molar refractivity (Wildman–Crippen MR) is 55.5 cm³/mol. The highest BCUT2D eigenvalue weighted by Gasteiger charge is 2.21. The topological polar surface area (TPSA) is 36.4 Å². The number of hydrogen-bond donors (Lipinski definition) is 2. The Morgan fingerprint density at radius 2 is 2.46 bits per heavy atom. The molecule has 0 unspecified atom stereocenters. The Kier molecular flexibility index (Phi) is 3.18. The van der Waals surface area contributed by atoms with E-state index in [1.54, 1.807) is 0 Å². The fourth-order valence-electron chi connectivity index (χ4n) is 1.10. The van der Waals surface area contributed by atoms with E-state index in [2.05, 4.69) is 35.4 Å². The quantitative estimate of drug-likeness (QED) is 0.480. The molecule has 3 nitrogen and oxygen atoms in total. The van der Waals surface area contributed by atoms with Gasteiger partial charge < -0.3 is 10.6 Å². The molecule has 1 heterocycles. The maximum Gasteiger partial charge on any atom is 0.191 e. The molecule has 0 atom stereocenters. The van der Waals surface area contributed by atoms with Crippen LogP contribution in [0.25, 0.3) is 0 Å². The lowest BCUT2D eigenvalue weighted by atomic mass is 9.93. The maximum atomic E-state index is 5.14. The highest BCUT2D eigenvalue weighted by atomic mass is 15.2. The van der Waals surface area contributed by atoms with Crippen molar-refractivity contribution in [3.8, 4) is 12.3 Å². The lowest BCUT2D eigenvalue weighted by Gasteiger charge is -2.29. The minimum atomic E-state index is 0.275. The molecular formula is C10H17N3. The van der Waals surface area contributed by atoms with Gasteiger partial charge in [0, 0.05) is 31.5 Å². The molecule has 0 bridgehead atoms. The summed E-state index contributed by atoms with van der Waals surface area (Å²) >= 11 is 0. The smallest absolute Gasteiger partial charge is 0.191 e. The zero-order chi connectivity index (χ0) is 9.73. The van der Waals surface area contributed by atoms with Gasteiger partial charge in [-0.2, -0.15) is 0 Å². The third-order valence-corrected chi connectivity index (χ3v) is 1.96. The van der Waals surface area contributed by atoms with Crippen LogP contribution in [0.3, 0.4) is 0 Å². The van der Waals surface area contributed by atoms with E-state index >= 15 is 0 Å². The molecule has 0 aliphatic carbocycles. The molecule has 0 amide bonds. The molecule has 1 rings (SSSR count). The van der Waals surface area contributed by atoms with Crippen molar-refractivity contribution in [2.24, 2.45) is 10.4 Å². The second-order valence-electron chi connectivity index (χ2n) is 4.06. The Labute approximate surface area is 80.0 Å². The highest BCUT2D eigenvalue weighted by Crippen LogP contribution is 2.15. The van der Waals surface area contributed by atoms with Crippen molar-refractivity contribution in [2.45, 2.75) is 20.3 Å². The molecule has 72 valence electrons. The van der Waals surface area contributed by atoms with Crippen LogP contribution in [0.2, 0.25) is 0 Å². The molecule has 0 aromatic carbocycles. The Morgan fingerprint density at radius 3 is 3.00 bits per heavy atom. The summed E-state index contributed by atoms with van der Waals surface area (Å²) in [7, 11) is 0. The average molecular weight is 179 g/mol. The van der Waals surface area contributed by atoms with Gasteiger partial charge in [0.1, 0.15) is 0 Å². The van der Waals surface area contributed by atoms with Crippen LogP contribution in [0.5, 0.6) is 0 Å². The van der Waals surface area contributed by atoms with Crippen molar-refractivity contribution in [3.63, 3.8) is 0 Å². The number of nitrogens with zero attached hydrogens (tertiary/aromatic N) is 1. The summed E-state index contributed by atoms with van der Waals surface area (Å²) < 4.78 is 0. The minimum Gasteiger partial charge on any atom is -0.356 e. The van der Waals surface area contributed by atoms with E-state index < -0.39 is 0 Å². The average Bonchev–Trinajstić information content (AvgIpc) is 2.08. The van der Waals surface area contributed by atoms with Crippen LogP contribution in [0.1, 0.15) is 20.3 Å². The number of rotatable bonds is 2. The van der Waals surface area contributed by atoms with Gasteiger partial charge in [0.05, 0.1) is 0 Å². The van der Waals surface area contributed by atoms with Gasteiger partial charge in [-0.05, 0) is 0 Å². The summed E-state index contributed by atoms with van der Waals surface area (Å²) in [5, 5.41) is 6.40. The molecule has 0 aromatic heterocycles. The molecule has 0 fully saturated rings. The summed E-state index contributed by atoms with van der Waals surface area (Å²) in [6.45, 7) is 7.03. The van der Waals surface area contributed by atoms with Gasteiger partial charge in [-0.15, -0.1) is 12.3 Å². The van der Waals surface area contributed by atoms with E-state index in [1.807, 2.05) is 0 Å². The largest absolute Gasteiger partial charge is 0.356 e. The van der Waals surface area contributed by atoms with Gasteiger partial charge in [-0.1, -0.05) is 13.8 Å². The second kappa shape index (κ2) is 4.18. The molecule has 0 saturated heterocycles. The van der Waals surface area contributed by atoms with Crippen LogP contribution >= 0.6 is 0 Å². The SMILES string of the molecule is C#CCCNC1=NCC(C)(C)CN1. The normalized spacial score (nSPS) is 19.6. The van der Waals surface area contributed by atoms with Crippen LogP contribution < -0.4 is 10.6 Å². The molecule has 3 heteroatoms. The Hall–Kier alpha value is -1.17. The van der Waals surface area contributed by atoms with Crippen LogP contribution in [-0.2, 0) is 0 Å². The summed E-state index contributed by atoms with van der Waals surface area (Å²) in [4.78, 5) is 4.38. The first-order valence-electron chi connectivity index (χ1n) is 4.60. The van der Waals surface area contributed by atoms with Crippen LogP contribution in [0, 0.1) is 17.8 Å². The van der Waals surface area contributed by atoms with Crippen LogP contribution in [-0.4, -0.2) is 25.6 Å². The Bertz CT molecular complexity index is 235. The van der Waals surface area contributed by atoms with E-state index in [9.17, 15) is 0 Å². The van der Waals surface area contributed by atoms with Crippen LogP contribution in [0.15, 0.2) is 4.99 Å². The highest BCUT2D eigenvalue weighted by molar-refractivity contribution is 5.80. The predicted octanol–water partition coefficient (Wildman–Crippen LogP) is 0.585. The van der Waals surface area contributed by atoms with Crippen molar-refractivity contribution < 1.29 is 0 Å². The maximum absolute atomic E-state index is 5.14. The first kappa shape index (κ1) is 9.91. The van der Waals surface area contributed by atoms with Crippen molar-refractivity contribution >= 4 is 5.96 Å². The molecule has 2 N–H and O–H groups in total. The molecule has 1 aliphatic heterocycles. The Balaban J connectivity index is 2.30. The summed E-state index contributed by atoms with van der Waals surface area (Å²) in [5.41, 5.74) is 0.275. The van der Waals surface area contributed by atoms with E-state index in [0.29, 0.717) is 0 Å². The third-order valence-electron chi connectivity index (χ3n) is 1.96. The number of terminal acetylenes is 1. The molecule has 13 heavy (non-hydrogen) atoms. The van der Waals surface area contributed by atoms with Gasteiger partial charge in [0.2, 0.25) is 0 Å². The number of aliphatic imine (C=N–C) groups is 1. The zero-order valence-corrected chi connectivity index (χ0v) is 8.35. The summed E-state index contributed by atoms with van der Waals surface area (Å²) in [6, 6.07) is 0. The molecular weight excluding hydrogens is 162 g/mol. The fourth-order valence-corrected chi connectivity index (χ4v) is 1.10. The zero-order valence-electron chi connectivity index (χ0n) is 8.35. The van der Waals surface area contributed by atoms with Crippen molar-refractivity contribution in [2.75, 3.05) is 19.6 Å². The van der Waals surface area contributed by atoms with Crippen molar-refractivity contribution in [1.29, 1.82) is 0 Å². The second-order valence-corrected chi connectivity index (χ2v) is 4.06. The first-order chi connectivity index (χ1) is 6.14. The Morgan fingerprint density at radius 1 is 1.69 bits per heavy atom. The van der Waals surface area contributed by atoms with Gasteiger partial charge in [-0.25, -0.2) is 0 Å². The van der Waals surface area contributed by atoms with E-state index in [4.69, 9.17) is 6.42 Å². The fraction of sp³-hybridized carbons (Fsp3) is 0.700. The lowest BCUT2D eigenvalue weighted by molar-refractivity contribution is 0.358. The van der Waals surface area contributed by atoms with E-state index in [0.717, 1.165) is 32.0 Å². The van der Waals surface area contributed by atoms with E-state index in [1.165, 1.54) is 0 Å². The molecule has 1 aliphatic rings. The van der Waals surface area contributed by atoms with Gasteiger partial charge in [-0.3, -0.25) is 4.99 Å². The van der Waals surface area contributed by atoms with E-state index in [-0.39, 0.29) is 5.41 Å². The molecule has 0 saturated carbocycles. The number of nitrogens with one attached hydrogen (secondary N) is 2. The summed E-state index contributed by atoms with van der Waals surface area (Å²) in [5.74, 6) is 3.46. The summed E-state index contributed by atoms with van der Waals surface area (Å²) in [6.07, 6.45) is 5.88. The molecule has 0 spiro atoms. The number of guanidine groups is 1. The standard InChI is InChI=1S/C10H17N3/c1-4-5-6-11-9-12-7-10(2,3)8-13-9/h1H,5-8H2,2-3H3,(H2,11,12,13). The van der Waals surface area contributed by atoms with Gasteiger partial charge >= 0.3 is 0 Å². The molecule has 0 radical (unpaired) electrons. The third kappa shape index (κ3) is 3.37. The van der Waals surface area contributed by atoms with Crippen molar-refractivity contribution in [1.82, 2.24) is 10.6 Å². The minimum absolute atomic E-state index is 0.275. The van der Waals surface area contributed by atoms with Gasteiger partial charge in [0.25, 0.3) is 0 Å². The lowest BCUT2D eigenvalue weighted by Crippen LogP contribution is -2.47.